The lowest BCUT2D eigenvalue weighted by atomic mass is 10.2. The van der Waals surface area contributed by atoms with Gasteiger partial charge in [0.25, 0.3) is 0 Å². The predicted octanol–water partition coefficient (Wildman–Crippen LogP) is 1.90. The van der Waals surface area contributed by atoms with Crippen LogP contribution in [0.5, 0.6) is 0 Å². The average molecular weight is 177 g/mol. The molecule has 0 bridgehead atoms. The SMILES string of the molecule is CC[PH](=O)ON1CCCCC1. The molecule has 3 nitrogen and oxygen atoms in total. The Hall–Kier alpha value is 0.150. The molecule has 0 spiro atoms. The first-order valence-corrected chi connectivity index (χ1v) is 5.81. The molecule has 1 unspecified atom stereocenters. The van der Waals surface area contributed by atoms with Crippen LogP contribution in [-0.4, -0.2) is 24.3 Å². The van der Waals surface area contributed by atoms with Gasteiger partial charge in [-0.05, 0) is 12.8 Å². The van der Waals surface area contributed by atoms with Gasteiger partial charge in [0.2, 0.25) is 8.03 Å². The zero-order valence-electron chi connectivity index (χ0n) is 7.01. The molecule has 1 fully saturated rings. The van der Waals surface area contributed by atoms with Crippen molar-refractivity contribution in [2.24, 2.45) is 0 Å². The first-order valence-electron chi connectivity index (χ1n) is 4.28. The molecule has 0 aromatic rings. The summed E-state index contributed by atoms with van der Waals surface area (Å²) in [6.45, 7) is 3.80. The molecular formula is C7H16NO2P. The third-order valence-corrected chi connectivity index (χ3v) is 2.87. The highest BCUT2D eigenvalue weighted by Crippen LogP contribution is 2.24. The van der Waals surface area contributed by atoms with Crippen molar-refractivity contribution in [3.8, 4) is 0 Å². The van der Waals surface area contributed by atoms with Gasteiger partial charge < -0.3 is 0 Å². The third-order valence-electron chi connectivity index (χ3n) is 1.83. The Balaban J connectivity index is 2.19. The van der Waals surface area contributed by atoms with E-state index in [-0.39, 0.29) is 0 Å². The summed E-state index contributed by atoms with van der Waals surface area (Å²) in [7, 11) is -1.75. The van der Waals surface area contributed by atoms with Gasteiger partial charge >= 0.3 is 0 Å². The van der Waals surface area contributed by atoms with Crippen LogP contribution in [0.1, 0.15) is 26.2 Å². The number of rotatable bonds is 3. The van der Waals surface area contributed by atoms with E-state index in [9.17, 15) is 4.57 Å². The van der Waals surface area contributed by atoms with Crippen molar-refractivity contribution in [3.05, 3.63) is 0 Å². The van der Waals surface area contributed by atoms with Crippen molar-refractivity contribution in [2.75, 3.05) is 19.3 Å². The van der Waals surface area contributed by atoms with Gasteiger partial charge in [0.05, 0.1) is 0 Å². The Kier molecular flexibility index (Phi) is 4.13. The lowest BCUT2D eigenvalue weighted by Crippen LogP contribution is -2.27. The lowest BCUT2D eigenvalue weighted by Gasteiger charge is -2.24. The van der Waals surface area contributed by atoms with Crippen LogP contribution in [0.2, 0.25) is 0 Å². The Morgan fingerprint density at radius 3 is 2.55 bits per heavy atom. The van der Waals surface area contributed by atoms with Gasteiger partial charge in [-0.2, -0.15) is 5.06 Å². The second kappa shape index (κ2) is 4.91. The summed E-state index contributed by atoms with van der Waals surface area (Å²) in [5, 5.41) is 1.86. The van der Waals surface area contributed by atoms with Crippen LogP contribution in [0.15, 0.2) is 0 Å². The number of piperidine rings is 1. The molecule has 11 heavy (non-hydrogen) atoms. The molecule has 0 radical (unpaired) electrons. The molecule has 66 valence electrons. The van der Waals surface area contributed by atoms with Crippen LogP contribution >= 0.6 is 8.03 Å². The molecule has 4 heteroatoms. The normalized spacial score (nSPS) is 23.4. The van der Waals surface area contributed by atoms with E-state index in [0.717, 1.165) is 13.1 Å². The molecule has 0 N–H and O–H groups in total. The first kappa shape index (κ1) is 9.24. The van der Waals surface area contributed by atoms with E-state index in [1.807, 2.05) is 12.0 Å². The van der Waals surface area contributed by atoms with E-state index in [0.29, 0.717) is 6.16 Å². The molecule has 0 aromatic carbocycles. The molecule has 1 atom stereocenters. The van der Waals surface area contributed by atoms with E-state index < -0.39 is 8.03 Å². The minimum Gasteiger partial charge on any atom is -0.295 e. The fourth-order valence-electron chi connectivity index (χ4n) is 1.16. The van der Waals surface area contributed by atoms with Gasteiger partial charge in [-0.1, -0.05) is 13.3 Å². The van der Waals surface area contributed by atoms with Gasteiger partial charge in [0, 0.05) is 19.3 Å². The Labute approximate surface area is 68.5 Å². The van der Waals surface area contributed by atoms with Gasteiger partial charge in [-0.25, -0.2) is 4.62 Å². The highest BCUT2D eigenvalue weighted by molar-refractivity contribution is 7.38. The van der Waals surface area contributed by atoms with Crippen LogP contribution in [0.25, 0.3) is 0 Å². The minimum atomic E-state index is -1.75. The second-order valence-electron chi connectivity index (χ2n) is 2.81. The summed E-state index contributed by atoms with van der Waals surface area (Å²) >= 11 is 0. The standard InChI is InChI=1S/C7H16NO2P/c1-2-11(9)10-8-6-4-3-5-7-8/h11H,2-7H2,1H3. The summed E-state index contributed by atoms with van der Waals surface area (Å²) in [5.41, 5.74) is 0. The fourth-order valence-corrected chi connectivity index (χ4v) is 1.76. The zero-order chi connectivity index (χ0) is 8.10. The van der Waals surface area contributed by atoms with Crippen LogP contribution in [0.4, 0.5) is 0 Å². The molecule has 1 saturated heterocycles. The molecule has 0 amide bonds. The van der Waals surface area contributed by atoms with Crippen molar-refractivity contribution in [3.63, 3.8) is 0 Å². The highest BCUT2D eigenvalue weighted by Gasteiger charge is 2.11. The molecule has 1 aliphatic heterocycles. The monoisotopic (exact) mass is 177 g/mol. The van der Waals surface area contributed by atoms with E-state index >= 15 is 0 Å². The summed E-state index contributed by atoms with van der Waals surface area (Å²) in [4.78, 5) is 0. The third kappa shape index (κ3) is 3.37. The maximum absolute atomic E-state index is 11.0. The van der Waals surface area contributed by atoms with E-state index in [1.54, 1.807) is 0 Å². The maximum Gasteiger partial charge on any atom is 0.209 e. The van der Waals surface area contributed by atoms with Gasteiger partial charge in [0.1, 0.15) is 0 Å². The quantitative estimate of drug-likeness (QED) is 0.616. The molecule has 1 aliphatic rings. The Bertz CT molecular complexity index is 134. The number of hydrogen-bond acceptors (Lipinski definition) is 3. The van der Waals surface area contributed by atoms with Gasteiger partial charge in [-0.15, -0.1) is 0 Å². The predicted molar refractivity (Wildman–Crippen MR) is 46.1 cm³/mol. The maximum atomic E-state index is 11.0. The highest BCUT2D eigenvalue weighted by atomic mass is 31.1. The van der Waals surface area contributed by atoms with Gasteiger partial charge in [0.15, 0.2) is 0 Å². The van der Waals surface area contributed by atoms with Gasteiger partial charge in [-0.3, -0.25) is 4.57 Å². The molecule has 1 rings (SSSR count). The van der Waals surface area contributed by atoms with E-state index in [4.69, 9.17) is 4.62 Å². The molecular weight excluding hydrogens is 161 g/mol. The lowest BCUT2D eigenvalue weighted by molar-refractivity contribution is -0.0644. The smallest absolute Gasteiger partial charge is 0.209 e. The van der Waals surface area contributed by atoms with Crippen molar-refractivity contribution in [1.82, 2.24) is 5.06 Å². The molecule has 0 aromatic heterocycles. The average Bonchev–Trinajstić information content (AvgIpc) is 2.06. The van der Waals surface area contributed by atoms with Crippen molar-refractivity contribution < 1.29 is 9.19 Å². The minimum absolute atomic E-state index is 0.654. The molecule has 1 heterocycles. The molecule has 0 aliphatic carbocycles. The largest absolute Gasteiger partial charge is 0.295 e. The van der Waals surface area contributed by atoms with E-state index in [1.165, 1.54) is 19.3 Å². The number of hydrogen-bond donors (Lipinski definition) is 0. The number of hydroxylamine groups is 2. The van der Waals surface area contributed by atoms with Crippen LogP contribution in [0.3, 0.4) is 0 Å². The first-order chi connectivity index (χ1) is 5.33. The molecule has 0 saturated carbocycles. The van der Waals surface area contributed by atoms with Crippen molar-refractivity contribution in [1.29, 1.82) is 0 Å². The summed E-state index contributed by atoms with van der Waals surface area (Å²) in [6, 6.07) is 0. The van der Waals surface area contributed by atoms with Crippen LogP contribution in [-0.2, 0) is 9.19 Å². The van der Waals surface area contributed by atoms with Crippen molar-refractivity contribution >= 4 is 8.03 Å². The summed E-state index contributed by atoms with van der Waals surface area (Å²) < 4.78 is 16.2. The summed E-state index contributed by atoms with van der Waals surface area (Å²) in [5.74, 6) is 0. The zero-order valence-corrected chi connectivity index (χ0v) is 8.01. The summed E-state index contributed by atoms with van der Waals surface area (Å²) in [6.07, 6.45) is 4.30. The fraction of sp³-hybridized carbons (Fsp3) is 1.00. The van der Waals surface area contributed by atoms with Crippen LogP contribution in [0, 0.1) is 0 Å². The van der Waals surface area contributed by atoms with Crippen LogP contribution < -0.4 is 0 Å². The topological polar surface area (TPSA) is 29.5 Å². The second-order valence-corrected chi connectivity index (χ2v) is 4.44. The Morgan fingerprint density at radius 2 is 2.00 bits per heavy atom. The van der Waals surface area contributed by atoms with E-state index in [2.05, 4.69) is 0 Å². The number of nitrogens with zero attached hydrogens (tertiary/aromatic N) is 1. The Morgan fingerprint density at radius 1 is 1.36 bits per heavy atom. The van der Waals surface area contributed by atoms with Crippen molar-refractivity contribution in [2.45, 2.75) is 26.2 Å².